The summed E-state index contributed by atoms with van der Waals surface area (Å²) in [6, 6.07) is 4.01. The van der Waals surface area contributed by atoms with Crippen molar-refractivity contribution in [1.82, 2.24) is 0 Å². The lowest BCUT2D eigenvalue weighted by molar-refractivity contribution is -0.143. The van der Waals surface area contributed by atoms with E-state index < -0.39 is 5.41 Å². The zero-order valence-corrected chi connectivity index (χ0v) is 13.1. The Morgan fingerprint density at radius 1 is 1.45 bits per heavy atom. The number of methoxy groups -OCH3 is 1. The minimum atomic E-state index is -0.405. The Kier molecular flexibility index (Phi) is 3.23. The molecule has 1 aliphatic carbocycles. The number of rotatable bonds is 3. The van der Waals surface area contributed by atoms with Crippen LogP contribution in [0.2, 0.25) is 0 Å². The van der Waals surface area contributed by atoms with Gasteiger partial charge in [0.1, 0.15) is 5.41 Å². The van der Waals surface area contributed by atoms with Crippen LogP contribution in [0.5, 0.6) is 0 Å². The van der Waals surface area contributed by atoms with Gasteiger partial charge in [0.15, 0.2) is 0 Å². The molecule has 0 radical (unpaired) electrons. The van der Waals surface area contributed by atoms with Gasteiger partial charge in [0.2, 0.25) is 0 Å². The van der Waals surface area contributed by atoms with Crippen LogP contribution in [-0.2, 0) is 24.3 Å². The molecular weight excluding hydrogens is 275 g/mol. The summed E-state index contributed by atoms with van der Waals surface area (Å²) in [7, 11) is 1.12. The molecule has 3 rings (SSSR count). The molecule has 1 aromatic rings. The highest BCUT2D eigenvalue weighted by Gasteiger charge is 2.54. The topological polar surface area (TPSA) is 44.8 Å². The van der Waals surface area contributed by atoms with Crippen LogP contribution in [0.3, 0.4) is 0 Å². The molecule has 0 N–H and O–H groups in total. The molecule has 4 nitrogen and oxygen atoms in total. The van der Waals surface area contributed by atoms with E-state index in [1.54, 1.807) is 11.3 Å². The van der Waals surface area contributed by atoms with Gasteiger partial charge in [-0.05, 0) is 39.7 Å². The summed E-state index contributed by atoms with van der Waals surface area (Å²) in [5.74, 6) is -0.132. The van der Waals surface area contributed by atoms with Crippen LogP contribution in [0.1, 0.15) is 38.5 Å². The standard InChI is InChI=1S/C14H19BO4S/c1-9-13(2,3)19-15(18-9)11-6-5-10(20-11)14(7-8-14)12(16)17-4/h5-6,9H,7-8H2,1-4H3. The molecule has 1 aliphatic heterocycles. The zero-order valence-electron chi connectivity index (χ0n) is 12.3. The number of hydrogen-bond donors (Lipinski definition) is 0. The minimum absolute atomic E-state index is 0.0496. The van der Waals surface area contributed by atoms with E-state index in [9.17, 15) is 4.79 Å². The number of hydrogen-bond acceptors (Lipinski definition) is 5. The van der Waals surface area contributed by atoms with Crippen LogP contribution in [0.4, 0.5) is 0 Å². The highest BCUT2D eigenvalue weighted by molar-refractivity contribution is 7.22. The number of ether oxygens (including phenoxy) is 1. The maximum Gasteiger partial charge on any atom is 0.505 e. The normalized spacial score (nSPS) is 26.6. The Bertz CT molecular complexity index is 535. The summed E-state index contributed by atoms with van der Waals surface area (Å²) in [5, 5.41) is 0. The van der Waals surface area contributed by atoms with E-state index in [4.69, 9.17) is 14.0 Å². The Morgan fingerprint density at radius 3 is 2.65 bits per heavy atom. The molecule has 2 fully saturated rings. The largest absolute Gasteiger partial charge is 0.505 e. The Morgan fingerprint density at radius 2 is 2.15 bits per heavy atom. The Hall–Kier alpha value is -0.845. The van der Waals surface area contributed by atoms with Crippen LogP contribution in [-0.4, -0.2) is 31.9 Å². The average molecular weight is 294 g/mol. The van der Waals surface area contributed by atoms with E-state index in [1.165, 1.54) is 7.11 Å². The van der Waals surface area contributed by atoms with Crippen molar-refractivity contribution in [2.75, 3.05) is 7.11 Å². The lowest BCUT2D eigenvalue weighted by Gasteiger charge is -2.21. The van der Waals surface area contributed by atoms with Crippen molar-refractivity contribution in [3.8, 4) is 0 Å². The first-order valence-electron chi connectivity index (χ1n) is 6.91. The van der Waals surface area contributed by atoms with E-state index in [0.29, 0.717) is 0 Å². The molecule has 1 unspecified atom stereocenters. The second-order valence-electron chi connectivity index (χ2n) is 6.11. The summed E-state index contributed by atoms with van der Waals surface area (Å²) in [5.41, 5.74) is -0.689. The molecule has 2 heterocycles. The molecule has 0 spiro atoms. The zero-order chi connectivity index (χ0) is 14.5. The molecule has 1 aromatic heterocycles. The maximum atomic E-state index is 11.9. The molecule has 108 valence electrons. The summed E-state index contributed by atoms with van der Waals surface area (Å²) < 4.78 is 17.8. The monoisotopic (exact) mass is 294 g/mol. The predicted molar refractivity (Wildman–Crippen MR) is 78.3 cm³/mol. The first-order valence-corrected chi connectivity index (χ1v) is 7.72. The van der Waals surface area contributed by atoms with Crippen molar-refractivity contribution in [2.45, 2.75) is 50.7 Å². The molecule has 1 saturated heterocycles. The quantitative estimate of drug-likeness (QED) is 0.630. The molecular formula is C14H19BO4S. The SMILES string of the molecule is COC(=O)C1(c2ccc(B3OC(C)C(C)(C)O3)s2)CC1. The van der Waals surface area contributed by atoms with Crippen molar-refractivity contribution in [2.24, 2.45) is 0 Å². The molecule has 1 saturated carbocycles. The van der Waals surface area contributed by atoms with Crippen molar-refractivity contribution >= 4 is 29.2 Å². The molecule has 6 heteroatoms. The van der Waals surface area contributed by atoms with Crippen LogP contribution in [0, 0.1) is 0 Å². The second kappa shape index (κ2) is 4.58. The van der Waals surface area contributed by atoms with Gasteiger partial charge in [-0.2, -0.15) is 0 Å². The molecule has 0 amide bonds. The average Bonchev–Trinajstić information content (AvgIpc) is 2.97. The highest BCUT2D eigenvalue weighted by Crippen LogP contribution is 2.50. The van der Waals surface area contributed by atoms with Crippen LogP contribution in [0.25, 0.3) is 0 Å². The number of carbonyl (C=O) groups excluding carboxylic acids is 1. The van der Waals surface area contributed by atoms with Gasteiger partial charge in [-0.1, -0.05) is 6.07 Å². The Balaban J connectivity index is 1.80. The van der Waals surface area contributed by atoms with Gasteiger partial charge < -0.3 is 14.0 Å². The number of thiophene rings is 1. The summed E-state index contributed by atoms with van der Waals surface area (Å²) in [6.07, 6.45) is 1.79. The third-order valence-corrected chi connectivity index (χ3v) is 5.69. The van der Waals surface area contributed by atoms with Crippen LogP contribution >= 0.6 is 11.3 Å². The summed E-state index contributed by atoms with van der Waals surface area (Å²) >= 11 is 1.60. The lowest BCUT2D eigenvalue weighted by atomic mass is 9.88. The Labute approximate surface area is 123 Å². The van der Waals surface area contributed by atoms with Crippen molar-refractivity contribution in [1.29, 1.82) is 0 Å². The fourth-order valence-electron chi connectivity index (χ4n) is 2.48. The molecule has 1 atom stereocenters. The van der Waals surface area contributed by atoms with Gasteiger partial charge >= 0.3 is 13.1 Å². The first kappa shape index (κ1) is 14.1. The van der Waals surface area contributed by atoms with E-state index in [0.717, 1.165) is 22.5 Å². The van der Waals surface area contributed by atoms with E-state index in [2.05, 4.69) is 0 Å². The molecule has 0 bridgehead atoms. The van der Waals surface area contributed by atoms with Crippen LogP contribution < -0.4 is 4.78 Å². The number of carbonyl (C=O) groups is 1. The molecule has 0 aromatic carbocycles. The van der Waals surface area contributed by atoms with Crippen molar-refractivity contribution in [3.63, 3.8) is 0 Å². The smallest absolute Gasteiger partial charge is 0.468 e. The first-order chi connectivity index (χ1) is 9.39. The fraction of sp³-hybridized carbons (Fsp3) is 0.643. The third kappa shape index (κ3) is 2.10. The van der Waals surface area contributed by atoms with Gasteiger partial charge in [-0.3, -0.25) is 4.79 Å². The van der Waals surface area contributed by atoms with E-state index in [-0.39, 0.29) is 24.8 Å². The summed E-state index contributed by atoms with van der Waals surface area (Å²) in [6.45, 7) is 6.08. The van der Waals surface area contributed by atoms with Gasteiger partial charge in [-0.25, -0.2) is 0 Å². The van der Waals surface area contributed by atoms with Gasteiger partial charge in [0.25, 0.3) is 0 Å². The van der Waals surface area contributed by atoms with E-state index in [1.807, 2.05) is 32.9 Å². The fourth-order valence-corrected chi connectivity index (χ4v) is 3.69. The minimum Gasteiger partial charge on any atom is -0.468 e. The van der Waals surface area contributed by atoms with Crippen molar-refractivity contribution in [3.05, 3.63) is 17.0 Å². The van der Waals surface area contributed by atoms with Gasteiger partial charge in [0.05, 0.1) is 18.8 Å². The number of esters is 1. The third-order valence-electron chi connectivity index (χ3n) is 4.37. The maximum absolute atomic E-state index is 11.9. The molecule has 2 aliphatic rings. The highest BCUT2D eigenvalue weighted by atomic mass is 32.1. The predicted octanol–water partition coefficient (Wildman–Crippen LogP) is 1.86. The van der Waals surface area contributed by atoms with Gasteiger partial charge in [0, 0.05) is 9.65 Å². The van der Waals surface area contributed by atoms with Crippen LogP contribution in [0.15, 0.2) is 12.1 Å². The van der Waals surface area contributed by atoms with Gasteiger partial charge in [-0.15, -0.1) is 11.3 Å². The lowest BCUT2D eigenvalue weighted by Crippen LogP contribution is -2.33. The second-order valence-corrected chi connectivity index (χ2v) is 7.22. The van der Waals surface area contributed by atoms with E-state index >= 15 is 0 Å². The van der Waals surface area contributed by atoms with Crippen molar-refractivity contribution < 1.29 is 18.8 Å². The molecule has 20 heavy (non-hydrogen) atoms. The summed E-state index contributed by atoms with van der Waals surface area (Å²) in [4.78, 5) is 13.0.